The van der Waals surface area contributed by atoms with E-state index in [0.717, 1.165) is 58.1 Å². The van der Waals surface area contributed by atoms with E-state index in [2.05, 4.69) is 28.1 Å². The Bertz CT molecular complexity index is 384. The third kappa shape index (κ3) is 7.27. The molecule has 0 radical (unpaired) electrons. The van der Waals surface area contributed by atoms with Gasteiger partial charge in [0, 0.05) is 26.2 Å². The first-order valence-electron chi connectivity index (χ1n) is 8.53. The van der Waals surface area contributed by atoms with Crippen molar-refractivity contribution in [3.63, 3.8) is 0 Å². The lowest BCUT2D eigenvalue weighted by atomic mass is 10.1. The molecule has 1 unspecified atom stereocenters. The minimum atomic E-state index is 0. The first-order valence-corrected chi connectivity index (χ1v) is 8.53. The van der Waals surface area contributed by atoms with Crippen molar-refractivity contribution in [2.45, 2.75) is 51.2 Å². The lowest BCUT2D eigenvalue weighted by molar-refractivity contribution is -0.0721. The molecule has 0 aromatic heterocycles. The van der Waals surface area contributed by atoms with Gasteiger partial charge in [-0.15, -0.1) is 30.4 Å². The van der Waals surface area contributed by atoms with Gasteiger partial charge in [0.25, 0.3) is 0 Å². The van der Waals surface area contributed by atoms with Crippen LogP contribution in [0.4, 0.5) is 0 Å². The summed E-state index contributed by atoms with van der Waals surface area (Å²) in [6, 6.07) is 0. The van der Waals surface area contributed by atoms with Crippen molar-refractivity contribution in [1.29, 1.82) is 0 Å². The number of nitrogens with zero attached hydrogens (tertiary/aromatic N) is 2. The summed E-state index contributed by atoms with van der Waals surface area (Å²) in [5.41, 5.74) is 0. The zero-order chi connectivity index (χ0) is 15.6. The monoisotopic (exact) mass is 435 g/mol. The molecule has 2 heterocycles. The zero-order valence-electron chi connectivity index (χ0n) is 14.1. The third-order valence-corrected chi connectivity index (χ3v) is 4.19. The summed E-state index contributed by atoms with van der Waals surface area (Å²) in [5, 5.41) is 3.31. The fraction of sp³-hybridized carbons (Fsp3) is 0.824. The van der Waals surface area contributed by atoms with Crippen LogP contribution in [0.15, 0.2) is 4.99 Å². The predicted octanol–water partition coefficient (Wildman–Crippen LogP) is 2.25. The summed E-state index contributed by atoms with van der Waals surface area (Å²) < 4.78 is 11.8. The number of terminal acetylenes is 1. The van der Waals surface area contributed by atoms with E-state index in [1.54, 1.807) is 0 Å². The summed E-state index contributed by atoms with van der Waals surface area (Å²) in [7, 11) is 0. The summed E-state index contributed by atoms with van der Waals surface area (Å²) in [4.78, 5) is 6.71. The van der Waals surface area contributed by atoms with Gasteiger partial charge in [-0.2, -0.15) is 0 Å². The molecule has 1 N–H and O–H groups in total. The highest BCUT2D eigenvalue weighted by molar-refractivity contribution is 14.0. The lowest BCUT2D eigenvalue weighted by Gasteiger charge is -2.35. The molecule has 2 saturated heterocycles. The molecule has 0 aromatic carbocycles. The number of nitrogens with one attached hydrogen (secondary N) is 1. The molecule has 23 heavy (non-hydrogen) atoms. The second-order valence-electron chi connectivity index (χ2n) is 5.88. The standard InChI is InChI=1S/C17H29N3O2.HI/c1-3-10-19-17(18-4-2)20-11-8-15(9-12-20)22-14-16-7-5-6-13-21-16;/h1,15-16H,4-14H2,2H3,(H,18,19);1H. The number of rotatable bonds is 5. The van der Waals surface area contributed by atoms with Crippen molar-refractivity contribution >= 4 is 29.9 Å². The molecule has 2 aliphatic heterocycles. The number of hydrogen-bond donors (Lipinski definition) is 1. The van der Waals surface area contributed by atoms with Gasteiger partial charge in [0.2, 0.25) is 0 Å². The van der Waals surface area contributed by atoms with Crippen LogP contribution in [0.1, 0.15) is 39.0 Å². The van der Waals surface area contributed by atoms with Crippen LogP contribution in [0.3, 0.4) is 0 Å². The van der Waals surface area contributed by atoms with Crippen LogP contribution in [0, 0.1) is 12.3 Å². The first-order chi connectivity index (χ1) is 10.8. The summed E-state index contributed by atoms with van der Waals surface area (Å²) in [6.07, 6.45) is 11.6. The molecule has 2 rings (SSSR count). The van der Waals surface area contributed by atoms with Crippen molar-refractivity contribution in [3.8, 4) is 12.3 Å². The van der Waals surface area contributed by atoms with Gasteiger partial charge in [-0.1, -0.05) is 5.92 Å². The van der Waals surface area contributed by atoms with Crippen LogP contribution in [0.25, 0.3) is 0 Å². The van der Waals surface area contributed by atoms with Crippen LogP contribution < -0.4 is 5.32 Å². The molecular weight excluding hydrogens is 405 g/mol. The predicted molar refractivity (Wildman–Crippen MR) is 104 cm³/mol. The Kier molecular flexibility index (Phi) is 10.6. The van der Waals surface area contributed by atoms with Crippen molar-refractivity contribution in [3.05, 3.63) is 0 Å². The van der Waals surface area contributed by atoms with Gasteiger partial charge >= 0.3 is 0 Å². The van der Waals surface area contributed by atoms with Gasteiger partial charge in [-0.05, 0) is 39.0 Å². The second kappa shape index (κ2) is 11.9. The Balaban J connectivity index is 0.00000264. The Morgan fingerprint density at radius 3 is 2.74 bits per heavy atom. The number of hydrogen-bond acceptors (Lipinski definition) is 3. The Hall–Kier alpha value is -0.520. The topological polar surface area (TPSA) is 46.1 Å². The van der Waals surface area contributed by atoms with E-state index in [0.29, 0.717) is 18.8 Å². The summed E-state index contributed by atoms with van der Waals surface area (Å²) >= 11 is 0. The average molecular weight is 435 g/mol. The van der Waals surface area contributed by atoms with Crippen LogP contribution in [-0.4, -0.2) is 62.5 Å². The Morgan fingerprint density at radius 2 is 2.13 bits per heavy atom. The van der Waals surface area contributed by atoms with Crippen molar-refractivity contribution in [2.75, 3.05) is 39.4 Å². The van der Waals surface area contributed by atoms with E-state index in [9.17, 15) is 0 Å². The largest absolute Gasteiger partial charge is 0.376 e. The number of piperidine rings is 1. The molecule has 6 heteroatoms. The number of ether oxygens (including phenoxy) is 2. The highest BCUT2D eigenvalue weighted by atomic mass is 127. The molecule has 2 fully saturated rings. The van der Waals surface area contributed by atoms with E-state index < -0.39 is 0 Å². The molecule has 2 aliphatic rings. The smallest absolute Gasteiger partial charge is 0.194 e. The number of aliphatic imine (C=N–C) groups is 1. The van der Waals surface area contributed by atoms with Crippen molar-refractivity contribution in [1.82, 2.24) is 10.2 Å². The minimum Gasteiger partial charge on any atom is -0.376 e. The second-order valence-corrected chi connectivity index (χ2v) is 5.88. The van der Waals surface area contributed by atoms with Gasteiger partial charge in [0.15, 0.2) is 5.96 Å². The SMILES string of the molecule is C#CCN=C(NCC)N1CCC(OCC2CCCCO2)CC1.I. The molecule has 5 nitrogen and oxygen atoms in total. The quantitative estimate of drug-likeness (QED) is 0.312. The van der Waals surface area contributed by atoms with Crippen LogP contribution >= 0.6 is 24.0 Å². The van der Waals surface area contributed by atoms with E-state index in [1.807, 2.05) is 0 Å². The zero-order valence-corrected chi connectivity index (χ0v) is 16.5. The van der Waals surface area contributed by atoms with Gasteiger partial charge in [0.1, 0.15) is 6.54 Å². The van der Waals surface area contributed by atoms with Gasteiger partial charge in [-0.25, -0.2) is 4.99 Å². The normalized spacial score (nSPS) is 23.0. The molecule has 0 amide bonds. The fourth-order valence-corrected chi connectivity index (χ4v) is 2.96. The average Bonchev–Trinajstić information content (AvgIpc) is 2.58. The lowest BCUT2D eigenvalue weighted by Crippen LogP contribution is -2.47. The molecule has 0 bridgehead atoms. The van der Waals surface area contributed by atoms with E-state index in [1.165, 1.54) is 12.8 Å². The highest BCUT2D eigenvalue weighted by Crippen LogP contribution is 2.17. The fourth-order valence-electron chi connectivity index (χ4n) is 2.96. The molecule has 0 spiro atoms. The first kappa shape index (κ1) is 20.5. The maximum atomic E-state index is 6.05. The Labute approximate surface area is 157 Å². The summed E-state index contributed by atoms with van der Waals surface area (Å²) in [6.45, 7) is 6.93. The van der Waals surface area contributed by atoms with Gasteiger partial charge in [-0.3, -0.25) is 0 Å². The maximum Gasteiger partial charge on any atom is 0.194 e. The highest BCUT2D eigenvalue weighted by Gasteiger charge is 2.23. The Morgan fingerprint density at radius 1 is 1.35 bits per heavy atom. The number of likely N-dealkylation sites (tertiary alicyclic amines) is 1. The molecule has 1 atom stereocenters. The van der Waals surface area contributed by atoms with Crippen molar-refractivity contribution in [2.24, 2.45) is 4.99 Å². The van der Waals surface area contributed by atoms with E-state index in [-0.39, 0.29) is 24.0 Å². The van der Waals surface area contributed by atoms with E-state index >= 15 is 0 Å². The van der Waals surface area contributed by atoms with Crippen LogP contribution in [-0.2, 0) is 9.47 Å². The molecule has 132 valence electrons. The van der Waals surface area contributed by atoms with E-state index in [4.69, 9.17) is 15.9 Å². The minimum absolute atomic E-state index is 0. The summed E-state index contributed by atoms with van der Waals surface area (Å²) in [5.74, 6) is 3.49. The van der Waals surface area contributed by atoms with Crippen LogP contribution in [0.2, 0.25) is 0 Å². The molecular formula is C17H30IN3O2. The van der Waals surface area contributed by atoms with Gasteiger partial charge < -0.3 is 19.7 Å². The van der Waals surface area contributed by atoms with Crippen molar-refractivity contribution < 1.29 is 9.47 Å². The molecule has 0 aromatic rings. The number of halogens is 1. The van der Waals surface area contributed by atoms with Crippen LogP contribution in [0.5, 0.6) is 0 Å². The van der Waals surface area contributed by atoms with Gasteiger partial charge in [0.05, 0.1) is 18.8 Å². The molecule has 0 saturated carbocycles. The maximum absolute atomic E-state index is 6.05. The molecule has 0 aliphatic carbocycles. The number of guanidine groups is 1. The third-order valence-electron chi connectivity index (χ3n) is 4.19.